The number of hydrogen-bond acceptors (Lipinski definition) is 6. The van der Waals surface area contributed by atoms with Crippen LogP contribution < -0.4 is 5.32 Å². The van der Waals surface area contributed by atoms with Gasteiger partial charge in [0, 0.05) is 12.1 Å². The molecule has 0 bridgehead atoms. The van der Waals surface area contributed by atoms with Crippen molar-refractivity contribution in [1.29, 1.82) is 0 Å². The molecule has 8 heteroatoms. The standard InChI is InChI=1S/C16H20N4O3S/c1-11(2)16-12(10-23-18-16)8-20(3)9-15-17-13-6-4-5-7-14(13)24(21,22)19-15/h4-7,10-11H,8-9H2,1-3H3,(H,17,19). The molecule has 1 aliphatic heterocycles. The molecule has 0 saturated heterocycles. The third kappa shape index (κ3) is 3.34. The molecule has 2 aromatic rings. The number of nitrogens with one attached hydrogen (secondary N) is 1. The first kappa shape index (κ1) is 16.7. The van der Waals surface area contributed by atoms with E-state index >= 15 is 0 Å². The summed E-state index contributed by atoms with van der Waals surface area (Å²) >= 11 is 0. The van der Waals surface area contributed by atoms with Crippen molar-refractivity contribution >= 4 is 21.5 Å². The van der Waals surface area contributed by atoms with Crippen molar-refractivity contribution in [2.75, 3.05) is 18.9 Å². The van der Waals surface area contributed by atoms with Crippen LogP contribution in [-0.4, -0.2) is 37.9 Å². The van der Waals surface area contributed by atoms with Gasteiger partial charge in [0.1, 0.15) is 17.0 Å². The zero-order valence-corrected chi connectivity index (χ0v) is 14.7. The van der Waals surface area contributed by atoms with Crippen LogP contribution in [0.3, 0.4) is 0 Å². The van der Waals surface area contributed by atoms with Crippen LogP contribution in [0.2, 0.25) is 0 Å². The fraction of sp³-hybridized carbons (Fsp3) is 0.375. The smallest absolute Gasteiger partial charge is 0.286 e. The van der Waals surface area contributed by atoms with Gasteiger partial charge in [-0.2, -0.15) is 8.42 Å². The number of amidine groups is 1. The molecule has 0 radical (unpaired) electrons. The van der Waals surface area contributed by atoms with E-state index in [4.69, 9.17) is 4.52 Å². The van der Waals surface area contributed by atoms with E-state index in [-0.39, 0.29) is 10.8 Å². The Kier molecular flexibility index (Phi) is 4.42. The van der Waals surface area contributed by atoms with Crippen LogP contribution in [0.4, 0.5) is 5.69 Å². The van der Waals surface area contributed by atoms with Gasteiger partial charge in [-0.3, -0.25) is 4.90 Å². The molecule has 0 atom stereocenters. The van der Waals surface area contributed by atoms with E-state index in [9.17, 15) is 8.42 Å². The molecule has 0 fully saturated rings. The summed E-state index contributed by atoms with van der Waals surface area (Å²) in [5.74, 6) is 0.670. The van der Waals surface area contributed by atoms with Crippen LogP contribution in [0.15, 0.2) is 44.3 Å². The van der Waals surface area contributed by atoms with Gasteiger partial charge in [-0.25, -0.2) is 0 Å². The molecule has 0 amide bonds. The number of likely N-dealkylation sites (N-methyl/N-ethyl adjacent to an activating group) is 1. The third-order valence-corrected chi connectivity index (χ3v) is 5.13. The summed E-state index contributed by atoms with van der Waals surface area (Å²) in [6.07, 6.45) is 1.63. The highest BCUT2D eigenvalue weighted by Crippen LogP contribution is 2.26. The number of aromatic nitrogens is 1. The molecule has 0 saturated carbocycles. The predicted molar refractivity (Wildman–Crippen MR) is 91.6 cm³/mol. The average Bonchev–Trinajstić information content (AvgIpc) is 2.94. The molecule has 2 heterocycles. The lowest BCUT2D eigenvalue weighted by molar-refractivity contribution is 0.369. The molecule has 3 rings (SSSR count). The molecule has 24 heavy (non-hydrogen) atoms. The second-order valence-electron chi connectivity index (χ2n) is 6.19. The Labute approximate surface area is 141 Å². The van der Waals surface area contributed by atoms with Gasteiger partial charge in [0.2, 0.25) is 0 Å². The molecule has 1 aromatic heterocycles. The molecular weight excluding hydrogens is 328 g/mol. The van der Waals surface area contributed by atoms with Crippen molar-refractivity contribution < 1.29 is 12.9 Å². The van der Waals surface area contributed by atoms with Crippen LogP contribution in [0, 0.1) is 0 Å². The topological polar surface area (TPSA) is 87.8 Å². The quantitative estimate of drug-likeness (QED) is 0.893. The van der Waals surface area contributed by atoms with Crippen LogP contribution in [0.25, 0.3) is 0 Å². The van der Waals surface area contributed by atoms with Gasteiger partial charge >= 0.3 is 0 Å². The largest absolute Gasteiger partial charge is 0.364 e. The van der Waals surface area contributed by atoms with Crippen molar-refractivity contribution in [2.24, 2.45) is 4.40 Å². The van der Waals surface area contributed by atoms with Gasteiger partial charge in [0.15, 0.2) is 0 Å². The van der Waals surface area contributed by atoms with E-state index in [0.717, 1.165) is 11.3 Å². The molecule has 0 aliphatic carbocycles. The molecule has 1 aliphatic rings. The van der Waals surface area contributed by atoms with Gasteiger partial charge < -0.3 is 9.84 Å². The summed E-state index contributed by atoms with van der Waals surface area (Å²) in [5, 5.41) is 7.12. The Morgan fingerprint density at radius 1 is 1.25 bits per heavy atom. The van der Waals surface area contributed by atoms with Gasteiger partial charge in [-0.05, 0) is 25.1 Å². The Bertz CT molecular complexity index is 871. The Balaban J connectivity index is 1.75. The zero-order valence-electron chi connectivity index (χ0n) is 13.9. The van der Waals surface area contributed by atoms with E-state index in [1.54, 1.807) is 30.5 Å². The van der Waals surface area contributed by atoms with E-state index < -0.39 is 10.0 Å². The Hall–Kier alpha value is -2.19. The van der Waals surface area contributed by atoms with Crippen molar-refractivity contribution in [3.05, 3.63) is 41.8 Å². The molecule has 1 aromatic carbocycles. The summed E-state index contributed by atoms with van der Waals surface area (Å²) in [4.78, 5) is 2.17. The average molecular weight is 348 g/mol. The van der Waals surface area contributed by atoms with Gasteiger partial charge in [0.25, 0.3) is 10.0 Å². The van der Waals surface area contributed by atoms with Crippen molar-refractivity contribution in [3.8, 4) is 0 Å². The molecule has 0 spiro atoms. The summed E-state index contributed by atoms with van der Waals surface area (Å²) in [5.41, 5.74) is 2.47. The maximum Gasteiger partial charge on any atom is 0.286 e. The van der Waals surface area contributed by atoms with Crippen LogP contribution in [0.1, 0.15) is 31.0 Å². The normalized spacial score (nSPS) is 16.0. The maximum atomic E-state index is 12.3. The lowest BCUT2D eigenvalue weighted by atomic mass is 10.1. The minimum atomic E-state index is -3.65. The lowest BCUT2D eigenvalue weighted by Gasteiger charge is -2.22. The second-order valence-corrected chi connectivity index (χ2v) is 7.76. The third-order valence-electron chi connectivity index (χ3n) is 3.76. The van der Waals surface area contributed by atoms with E-state index in [2.05, 4.69) is 28.7 Å². The minimum Gasteiger partial charge on any atom is -0.364 e. The number of rotatable bonds is 5. The molecule has 7 nitrogen and oxygen atoms in total. The summed E-state index contributed by atoms with van der Waals surface area (Å²) in [7, 11) is -1.76. The Morgan fingerprint density at radius 3 is 2.75 bits per heavy atom. The Morgan fingerprint density at radius 2 is 2.00 bits per heavy atom. The van der Waals surface area contributed by atoms with Gasteiger partial charge in [0.05, 0.1) is 17.9 Å². The molecule has 0 unspecified atom stereocenters. The van der Waals surface area contributed by atoms with Crippen molar-refractivity contribution in [3.63, 3.8) is 0 Å². The van der Waals surface area contributed by atoms with Crippen molar-refractivity contribution in [2.45, 2.75) is 31.2 Å². The highest BCUT2D eigenvalue weighted by molar-refractivity contribution is 7.90. The molecule has 1 N–H and O–H groups in total. The van der Waals surface area contributed by atoms with Gasteiger partial charge in [-0.1, -0.05) is 31.1 Å². The molecular formula is C16H20N4O3S. The predicted octanol–water partition coefficient (Wildman–Crippen LogP) is 2.44. The maximum absolute atomic E-state index is 12.3. The fourth-order valence-corrected chi connectivity index (χ4v) is 3.84. The second kappa shape index (κ2) is 6.37. The summed E-state index contributed by atoms with van der Waals surface area (Å²) in [6, 6.07) is 6.76. The number of sulfonamides is 1. The van der Waals surface area contributed by atoms with Crippen LogP contribution in [0.5, 0.6) is 0 Å². The number of fused-ring (bicyclic) bond motifs is 1. The number of para-hydroxylation sites is 1. The summed E-state index contributed by atoms with van der Waals surface area (Å²) in [6.45, 7) is 5.07. The first-order chi connectivity index (χ1) is 11.4. The summed E-state index contributed by atoms with van der Waals surface area (Å²) < 4.78 is 33.4. The highest BCUT2D eigenvalue weighted by atomic mass is 32.2. The van der Waals surface area contributed by atoms with E-state index in [1.807, 2.05) is 11.9 Å². The highest BCUT2D eigenvalue weighted by Gasteiger charge is 2.25. The van der Waals surface area contributed by atoms with Gasteiger partial charge in [-0.15, -0.1) is 4.40 Å². The minimum absolute atomic E-state index is 0.206. The van der Waals surface area contributed by atoms with Crippen molar-refractivity contribution in [1.82, 2.24) is 10.1 Å². The number of anilines is 1. The monoisotopic (exact) mass is 348 g/mol. The molecule has 128 valence electrons. The first-order valence-electron chi connectivity index (χ1n) is 7.68. The fourth-order valence-electron chi connectivity index (χ4n) is 2.70. The number of nitrogens with zero attached hydrogens (tertiary/aromatic N) is 3. The number of hydrogen-bond donors (Lipinski definition) is 1. The first-order valence-corrected chi connectivity index (χ1v) is 9.12. The van der Waals surface area contributed by atoms with Crippen LogP contribution >= 0.6 is 0 Å². The lowest BCUT2D eigenvalue weighted by Crippen LogP contribution is -2.33. The van der Waals surface area contributed by atoms with E-state index in [0.29, 0.717) is 24.6 Å². The van der Waals surface area contributed by atoms with Crippen LogP contribution in [-0.2, 0) is 16.6 Å². The van der Waals surface area contributed by atoms with E-state index in [1.165, 1.54) is 0 Å². The zero-order chi connectivity index (χ0) is 17.3. The number of benzene rings is 1. The SMILES string of the molecule is CC(C)c1nocc1CN(C)CC1=NS(=O)(=O)c2ccccc2N1.